The van der Waals surface area contributed by atoms with E-state index in [2.05, 4.69) is 0 Å². The minimum Gasteiger partial charge on any atom is -0.325 e. The molecular weight excluding hydrogens is 247 g/mol. The molecule has 1 unspecified atom stereocenters. The lowest BCUT2D eigenvalue weighted by Crippen LogP contribution is -2.25. The molecule has 1 rings (SSSR count). The first-order valence-electron chi connectivity index (χ1n) is 6.08. The Morgan fingerprint density at radius 1 is 1.22 bits per heavy atom. The van der Waals surface area contributed by atoms with E-state index in [-0.39, 0.29) is 11.9 Å². The molecule has 0 radical (unpaired) electrons. The maximum absolute atomic E-state index is 12.3. The van der Waals surface area contributed by atoms with Gasteiger partial charge in [0, 0.05) is 16.3 Å². The van der Waals surface area contributed by atoms with Gasteiger partial charge < -0.3 is 4.52 Å². The number of carbonyl (C=O) groups excluding carboxylic acids is 1. The third kappa shape index (κ3) is 3.79. The van der Waals surface area contributed by atoms with Gasteiger partial charge in [-0.3, -0.25) is 9.36 Å². The van der Waals surface area contributed by atoms with Crippen molar-refractivity contribution in [1.29, 1.82) is 0 Å². The van der Waals surface area contributed by atoms with E-state index in [4.69, 9.17) is 4.52 Å². The first-order chi connectivity index (χ1) is 8.23. The third-order valence-corrected chi connectivity index (χ3v) is 3.98. The number of ketones is 1. The number of hydrogen-bond acceptors (Lipinski definition) is 3. The van der Waals surface area contributed by atoms with Crippen molar-refractivity contribution in [2.45, 2.75) is 40.7 Å². The van der Waals surface area contributed by atoms with Crippen LogP contribution in [0.5, 0.6) is 0 Å². The second kappa shape index (κ2) is 5.81. The number of Topliss-reactive ketones (excluding diaryl/α,β-unsaturated/α-hetero) is 1. The second-order valence-corrected chi connectivity index (χ2v) is 6.93. The van der Waals surface area contributed by atoms with Crippen LogP contribution in [0, 0.1) is 5.41 Å². The van der Waals surface area contributed by atoms with Gasteiger partial charge in [0.2, 0.25) is 8.03 Å². The summed E-state index contributed by atoms with van der Waals surface area (Å²) in [4.78, 5) is 12.3. The number of rotatable bonds is 4. The molecule has 100 valence electrons. The van der Waals surface area contributed by atoms with Crippen molar-refractivity contribution in [3.05, 3.63) is 29.8 Å². The Hall–Kier alpha value is -0.920. The maximum atomic E-state index is 12.3. The predicted octanol–water partition coefficient (Wildman–Crippen LogP) is 3.44. The van der Waals surface area contributed by atoms with Crippen LogP contribution in [0.1, 0.15) is 45.0 Å². The van der Waals surface area contributed by atoms with E-state index in [0.717, 1.165) is 0 Å². The molecule has 3 nitrogen and oxygen atoms in total. The van der Waals surface area contributed by atoms with Crippen LogP contribution in [0.25, 0.3) is 0 Å². The highest BCUT2D eigenvalue weighted by Crippen LogP contribution is 2.28. The highest BCUT2D eigenvalue weighted by molar-refractivity contribution is 7.48. The largest absolute Gasteiger partial charge is 0.325 e. The summed E-state index contributed by atoms with van der Waals surface area (Å²) in [5, 5.41) is 0.524. The summed E-state index contributed by atoms with van der Waals surface area (Å²) in [6.07, 6.45) is -0.116. The van der Waals surface area contributed by atoms with Crippen LogP contribution in [-0.4, -0.2) is 11.9 Å². The Bertz CT molecular complexity index is 458. The monoisotopic (exact) mass is 268 g/mol. The van der Waals surface area contributed by atoms with Gasteiger partial charge in [-0.05, 0) is 19.9 Å². The Morgan fingerprint density at radius 2 is 1.78 bits per heavy atom. The van der Waals surface area contributed by atoms with E-state index in [1.165, 1.54) is 0 Å². The minimum atomic E-state index is -2.37. The molecular formula is C14H21O3P. The van der Waals surface area contributed by atoms with Crippen molar-refractivity contribution < 1.29 is 13.9 Å². The zero-order chi connectivity index (χ0) is 13.9. The summed E-state index contributed by atoms with van der Waals surface area (Å²) >= 11 is 0. The van der Waals surface area contributed by atoms with Crippen molar-refractivity contribution in [3.8, 4) is 0 Å². The van der Waals surface area contributed by atoms with Gasteiger partial charge in [0.25, 0.3) is 0 Å². The molecule has 0 amide bonds. The lowest BCUT2D eigenvalue weighted by Gasteiger charge is -2.19. The molecule has 1 aromatic carbocycles. The van der Waals surface area contributed by atoms with Gasteiger partial charge in [-0.25, -0.2) is 0 Å². The van der Waals surface area contributed by atoms with E-state index in [1.54, 1.807) is 24.3 Å². The first kappa shape index (κ1) is 15.1. The molecule has 0 saturated heterocycles. The van der Waals surface area contributed by atoms with E-state index in [0.29, 0.717) is 10.9 Å². The normalized spacial score (nSPS) is 13.7. The number of benzene rings is 1. The summed E-state index contributed by atoms with van der Waals surface area (Å²) in [5.74, 6) is -0.0104. The summed E-state index contributed by atoms with van der Waals surface area (Å²) in [6, 6.07) is 6.99. The highest BCUT2D eigenvalue weighted by Gasteiger charge is 2.26. The topological polar surface area (TPSA) is 43.4 Å². The zero-order valence-corrected chi connectivity index (χ0v) is 12.6. The fourth-order valence-electron chi connectivity index (χ4n) is 1.54. The average Bonchev–Trinajstić information content (AvgIpc) is 2.26. The molecule has 0 aliphatic carbocycles. The van der Waals surface area contributed by atoms with Crippen LogP contribution in [0.15, 0.2) is 24.3 Å². The number of hydrogen-bond donors (Lipinski definition) is 0. The van der Waals surface area contributed by atoms with Crippen LogP contribution in [-0.2, 0) is 9.09 Å². The van der Waals surface area contributed by atoms with E-state index >= 15 is 0 Å². The quantitative estimate of drug-likeness (QED) is 0.620. The molecule has 1 atom stereocenters. The molecule has 18 heavy (non-hydrogen) atoms. The van der Waals surface area contributed by atoms with Gasteiger partial charge in [0.1, 0.15) is 0 Å². The van der Waals surface area contributed by atoms with Gasteiger partial charge in [0.05, 0.1) is 6.10 Å². The molecule has 0 heterocycles. The van der Waals surface area contributed by atoms with Crippen LogP contribution >= 0.6 is 8.03 Å². The Labute approximate surface area is 109 Å². The predicted molar refractivity (Wildman–Crippen MR) is 75.1 cm³/mol. The average molecular weight is 268 g/mol. The Morgan fingerprint density at radius 3 is 2.28 bits per heavy atom. The van der Waals surface area contributed by atoms with Gasteiger partial charge in [-0.2, -0.15) is 0 Å². The maximum Gasteiger partial charge on any atom is 0.221 e. The summed E-state index contributed by atoms with van der Waals surface area (Å²) in [7, 11) is -2.37. The van der Waals surface area contributed by atoms with Crippen LogP contribution in [0.4, 0.5) is 0 Å². The molecule has 1 aromatic rings. The van der Waals surface area contributed by atoms with Crippen molar-refractivity contribution in [1.82, 2.24) is 0 Å². The van der Waals surface area contributed by atoms with Crippen LogP contribution < -0.4 is 5.30 Å². The molecule has 0 saturated carbocycles. The fraction of sp³-hybridized carbons (Fsp3) is 0.500. The molecule has 0 aromatic heterocycles. The van der Waals surface area contributed by atoms with Crippen molar-refractivity contribution in [2.75, 3.05) is 0 Å². The Balaban J connectivity index is 3.15. The van der Waals surface area contributed by atoms with E-state index in [9.17, 15) is 9.36 Å². The smallest absolute Gasteiger partial charge is 0.221 e. The molecule has 0 fully saturated rings. The highest BCUT2D eigenvalue weighted by atomic mass is 31.1. The molecule has 4 heteroatoms. The van der Waals surface area contributed by atoms with Crippen LogP contribution in [0.2, 0.25) is 0 Å². The van der Waals surface area contributed by atoms with Crippen LogP contribution in [0.3, 0.4) is 0 Å². The van der Waals surface area contributed by atoms with Crippen molar-refractivity contribution >= 4 is 19.1 Å². The lowest BCUT2D eigenvalue weighted by atomic mass is 9.86. The molecule has 0 aliphatic heterocycles. The lowest BCUT2D eigenvalue weighted by molar-refractivity contribution is 0.0859. The van der Waals surface area contributed by atoms with Gasteiger partial charge >= 0.3 is 0 Å². The Kier molecular flexibility index (Phi) is 4.89. The SMILES string of the molecule is CC(C)O[PH](=O)c1ccccc1C(=O)C(C)(C)C. The molecule has 0 N–H and O–H groups in total. The summed E-state index contributed by atoms with van der Waals surface area (Å²) in [5.41, 5.74) is 0.0188. The van der Waals surface area contributed by atoms with E-state index in [1.807, 2.05) is 34.6 Å². The molecule has 0 bridgehead atoms. The second-order valence-electron chi connectivity index (χ2n) is 5.58. The van der Waals surface area contributed by atoms with Gasteiger partial charge in [0.15, 0.2) is 5.78 Å². The van der Waals surface area contributed by atoms with E-state index < -0.39 is 13.4 Å². The van der Waals surface area contributed by atoms with Crippen molar-refractivity contribution in [3.63, 3.8) is 0 Å². The van der Waals surface area contributed by atoms with Gasteiger partial charge in [-0.1, -0.05) is 39.0 Å². The fourth-order valence-corrected chi connectivity index (χ4v) is 2.74. The molecule has 0 spiro atoms. The zero-order valence-electron chi connectivity index (χ0n) is 11.6. The number of carbonyl (C=O) groups is 1. The standard InChI is InChI=1S/C14H21O3P/c1-10(2)17-18(16)12-9-7-6-8-11(12)13(15)14(3,4)5/h6-10,18H,1-5H3. The van der Waals surface area contributed by atoms with Gasteiger partial charge in [-0.15, -0.1) is 0 Å². The van der Waals surface area contributed by atoms with Crippen molar-refractivity contribution in [2.24, 2.45) is 5.41 Å². The minimum absolute atomic E-state index is 0.0104. The molecule has 0 aliphatic rings. The third-order valence-electron chi connectivity index (χ3n) is 2.42. The summed E-state index contributed by atoms with van der Waals surface area (Å²) < 4.78 is 17.5. The summed E-state index contributed by atoms with van der Waals surface area (Å²) in [6.45, 7) is 9.22. The first-order valence-corrected chi connectivity index (χ1v) is 7.40.